The number of benzene rings is 3. The van der Waals surface area contributed by atoms with Crippen molar-refractivity contribution in [1.82, 2.24) is 0 Å². The molecule has 0 aromatic heterocycles. The first-order valence-electron chi connectivity index (χ1n) is 12.8. The molecule has 0 aliphatic carbocycles. The quantitative estimate of drug-likeness (QED) is 0.0882. The Kier molecular flexibility index (Phi) is 8.66. The first kappa shape index (κ1) is 27.4. The smallest absolute Gasteiger partial charge is 0.308 e. The van der Waals surface area contributed by atoms with Crippen molar-refractivity contribution in [3.63, 3.8) is 0 Å². The summed E-state index contributed by atoms with van der Waals surface area (Å²) in [4.78, 5) is 39.7. The highest BCUT2D eigenvalue weighted by Crippen LogP contribution is 2.43. The van der Waals surface area contributed by atoms with Crippen LogP contribution in [0.3, 0.4) is 0 Å². The van der Waals surface area contributed by atoms with Crippen molar-refractivity contribution in [3.05, 3.63) is 89.5 Å². The lowest BCUT2D eigenvalue weighted by Crippen LogP contribution is -2.29. The van der Waals surface area contributed by atoms with Gasteiger partial charge in [-0.15, -0.1) is 0 Å². The van der Waals surface area contributed by atoms with E-state index in [1.165, 1.54) is 18.9 Å². The Balaban J connectivity index is 1.79. The number of ether oxygens (including phenoxy) is 3. The average molecular weight is 530 g/mol. The maximum atomic E-state index is 13.4. The molecule has 0 bridgehead atoms. The first-order valence-corrected chi connectivity index (χ1v) is 12.8. The van der Waals surface area contributed by atoms with E-state index in [9.17, 15) is 19.5 Å². The summed E-state index contributed by atoms with van der Waals surface area (Å²) in [6, 6.07) is 19.0. The number of hydrogen-bond acceptors (Lipinski definition) is 7. The normalized spacial score (nSPS) is 16.3. The summed E-state index contributed by atoms with van der Waals surface area (Å²) in [5, 5.41) is 11.4. The van der Waals surface area contributed by atoms with Crippen LogP contribution in [-0.2, 0) is 14.4 Å². The van der Waals surface area contributed by atoms with E-state index >= 15 is 0 Å². The van der Waals surface area contributed by atoms with E-state index in [1.54, 1.807) is 72.8 Å². The number of rotatable bonds is 10. The predicted octanol–water partition coefficient (Wildman–Crippen LogP) is 5.82. The number of esters is 1. The van der Waals surface area contributed by atoms with Crippen LogP contribution in [0.25, 0.3) is 5.76 Å². The number of aliphatic hydroxyl groups is 1. The van der Waals surface area contributed by atoms with Crippen molar-refractivity contribution in [2.75, 3.05) is 18.6 Å². The van der Waals surface area contributed by atoms with Crippen LogP contribution in [0, 0.1) is 0 Å². The summed E-state index contributed by atoms with van der Waals surface area (Å²) in [7, 11) is 1.50. The first-order chi connectivity index (χ1) is 18.8. The summed E-state index contributed by atoms with van der Waals surface area (Å²) in [6.07, 6.45) is 3.11. The SMILES string of the molecule is CCCCCOc1ccc(/C(O)=C2\C(=O)C(=O)N(c3cccc(OC)c3)C2c2cccc(OC(C)=O)c2)cc1. The fourth-order valence-corrected chi connectivity index (χ4v) is 4.50. The third kappa shape index (κ3) is 6.12. The zero-order valence-corrected chi connectivity index (χ0v) is 22.2. The maximum absolute atomic E-state index is 13.4. The van der Waals surface area contributed by atoms with Gasteiger partial charge >= 0.3 is 5.97 Å². The summed E-state index contributed by atoms with van der Waals surface area (Å²) < 4.78 is 16.3. The van der Waals surface area contributed by atoms with Gasteiger partial charge in [0.05, 0.1) is 25.3 Å². The van der Waals surface area contributed by atoms with Gasteiger partial charge in [-0.25, -0.2) is 0 Å². The van der Waals surface area contributed by atoms with Gasteiger partial charge in [-0.3, -0.25) is 19.3 Å². The second-order valence-corrected chi connectivity index (χ2v) is 9.12. The van der Waals surface area contributed by atoms with Gasteiger partial charge in [0, 0.05) is 24.2 Å². The molecule has 8 heteroatoms. The topological polar surface area (TPSA) is 102 Å². The van der Waals surface area contributed by atoms with E-state index in [-0.39, 0.29) is 17.1 Å². The predicted molar refractivity (Wildman–Crippen MR) is 147 cm³/mol. The van der Waals surface area contributed by atoms with Crippen molar-refractivity contribution in [2.24, 2.45) is 0 Å². The van der Waals surface area contributed by atoms with Crippen LogP contribution in [0.4, 0.5) is 5.69 Å². The Bertz CT molecular complexity index is 1390. The second kappa shape index (κ2) is 12.3. The molecule has 0 spiro atoms. The molecule has 1 unspecified atom stereocenters. The lowest BCUT2D eigenvalue weighted by atomic mass is 9.95. The number of carbonyl (C=O) groups excluding carboxylic acids is 3. The molecular weight excluding hydrogens is 498 g/mol. The van der Waals surface area contributed by atoms with Gasteiger partial charge in [0.2, 0.25) is 0 Å². The zero-order valence-electron chi connectivity index (χ0n) is 22.2. The van der Waals surface area contributed by atoms with E-state index in [0.717, 1.165) is 19.3 Å². The van der Waals surface area contributed by atoms with Gasteiger partial charge < -0.3 is 19.3 Å². The lowest BCUT2D eigenvalue weighted by Gasteiger charge is -2.26. The number of unbranched alkanes of at least 4 members (excludes halogenated alkanes) is 2. The maximum Gasteiger partial charge on any atom is 0.308 e. The van der Waals surface area contributed by atoms with Gasteiger partial charge in [-0.05, 0) is 60.5 Å². The minimum Gasteiger partial charge on any atom is -0.507 e. The van der Waals surface area contributed by atoms with Crippen molar-refractivity contribution in [1.29, 1.82) is 0 Å². The van der Waals surface area contributed by atoms with Crippen LogP contribution in [-0.4, -0.2) is 36.5 Å². The number of methoxy groups -OCH3 is 1. The molecule has 1 amide bonds. The van der Waals surface area contributed by atoms with Crippen LogP contribution in [0.15, 0.2) is 78.4 Å². The number of amides is 1. The number of ketones is 1. The Morgan fingerprint density at radius 2 is 1.64 bits per heavy atom. The summed E-state index contributed by atoms with van der Waals surface area (Å²) in [5.41, 5.74) is 1.17. The van der Waals surface area contributed by atoms with Crippen LogP contribution >= 0.6 is 0 Å². The second-order valence-electron chi connectivity index (χ2n) is 9.12. The van der Waals surface area contributed by atoms with Crippen LogP contribution in [0.5, 0.6) is 17.2 Å². The van der Waals surface area contributed by atoms with Crippen molar-refractivity contribution >= 4 is 29.1 Å². The summed E-state index contributed by atoms with van der Waals surface area (Å²) >= 11 is 0. The van der Waals surface area contributed by atoms with Gasteiger partial charge in [-0.1, -0.05) is 38.0 Å². The summed E-state index contributed by atoms with van der Waals surface area (Å²) in [6.45, 7) is 3.99. The fourth-order valence-electron chi connectivity index (χ4n) is 4.50. The Hall–Kier alpha value is -4.59. The molecular formula is C31H31NO7. The molecule has 0 radical (unpaired) electrons. The molecule has 1 N–H and O–H groups in total. The average Bonchev–Trinajstić information content (AvgIpc) is 3.21. The molecule has 1 atom stereocenters. The van der Waals surface area contributed by atoms with E-state index in [4.69, 9.17) is 14.2 Å². The molecule has 1 fully saturated rings. The van der Waals surface area contributed by atoms with Crippen LogP contribution in [0.1, 0.15) is 50.3 Å². The molecule has 3 aromatic rings. The molecule has 1 aliphatic rings. The zero-order chi connectivity index (χ0) is 27.9. The Morgan fingerprint density at radius 3 is 2.33 bits per heavy atom. The molecule has 1 heterocycles. The van der Waals surface area contributed by atoms with Gasteiger partial charge in [0.1, 0.15) is 23.0 Å². The fraction of sp³-hybridized carbons (Fsp3) is 0.258. The minimum absolute atomic E-state index is 0.0839. The van der Waals surface area contributed by atoms with Gasteiger partial charge in [-0.2, -0.15) is 0 Å². The van der Waals surface area contributed by atoms with E-state index in [0.29, 0.717) is 34.9 Å². The van der Waals surface area contributed by atoms with Crippen LogP contribution in [0.2, 0.25) is 0 Å². The van der Waals surface area contributed by atoms with E-state index in [2.05, 4.69) is 6.92 Å². The van der Waals surface area contributed by atoms with Gasteiger partial charge in [0.25, 0.3) is 11.7 Å². The number of anilines is 1. The number of nitrogens with zero attached hydrogens (tertiary/aromatic N) is 1. The van der Waals surface area contributed by atoms with Crippen molar-refractivity contribution < 1.29 is 33.7 Å². The minimum atomic E-state index is -0.988. The molecule has 8 nitrogen and oxygen atoms in total. The lowest BCUT2D eigenvalue weighted by molar-refractivity contribution is -0.132. The monoisotopic (exact) mass is 529 g/mol. The molecule has 3 aromatic carbocycles. The number of aliphatic hydroxyl groups excluding tert-OH is 1. The molecule has 202 valence electrons. The number of carbonyl (C=O) groups is 3. The Morgan fingerprint density at radius 1 is 0.923 bits per heavy atom. The molecule has 1 aliphatic heterocycles. The molecule has 0 saturated carbocycles. The van der Waals surface area contributed by atoms with Crippen LogP contribution < -0.4 is 19.1 Å². The highest BCUT2D eigenvalue weighted by Gasteiger charge is 2.47. The third-order valence-corrected chi connectivity index (χ3v) is 6.36. The highest BCUT2D eigenvalue weighted by atomic mass is 16.5. The molecule has 1 saturated heterocycles. The highest BCUT2D eigenvalue weighted by molar-refractivity contribution is 6.51. The van der Waals surface area contributed by atoms with Gasteiger partial charge in [0.15, 0.2) is 0 Å². The number of Topliss-reactive ketones (excluding diaryl/α,β-unsaturated/α-hetero) is 1. The standard InChI is InChI=1S/C31H31NO7/c1-4-5-6-17-38-24-15-13-21(14-16-24)29(34)27-28(22-9-7-12-26(18-22)39-20(2)33)32(31(36)30(27)35)23-10-8-11-25(19-23)37-3/h7-16,18-19,28,34H,4-6,17H2,1-3H3/b29-27+. The molecule has 39 heavy (non-hydrogen) atoms. The summed E-state index contributed by atoms with van der Waals surface area (Å²) in [5.74, 6) is -1.07. The van der Waals surface area contributed by atoms with Crippen molar-refractivity contribution in [2.45, 2.75) is 39.2 Å². The molecule has 4 rings (SSSR count). The van der Waals surface area contributed by atoms with E-state index in [1.807, 2.05) is 0 Å². The Labute approximate surface area is 227 Å². The third-order valence-electron chi connectivity index (χ3n) is 6.36. The van der Waals surface area contributed by atoms with Crippen molar-refractivity contribution in [3.8, 4) is 17.2 Å². The van der Waals surface area contributed by atoms with E-state index < -0.39 is 23.7 Å². The number of hydrogen-bond donors (Lipinski definition) is 1. The largest absolute Gasteiger partial charge is 0.507 e.